The fourth-order valence-corrected chi connectivity index (χ4v) is 3.90. The van der Waals surface area contributed by atoms with Crippen LogP contribution in [0.1, 0.15) is 61.8 Å². The maximum absolute atomic E-state index is 13.0. The second-order valence-electron chi connectivity index (χ2n) is 10.5. The van der Waals surface area contributed by atoms with Crippen LogP contribution in [0.4, 0.5) is 0 Å². The van der Waals surface area contributed by atoms with Crippen molar-refractivity contribution in [2.24, 2.45) is 16.7 Å². The molecule has 0 bridgehead atoms. The summed E-state index contributed by atoms with van der Waals surface area (Å²) in [6, 6.07) is 0. The molecule has 154 valence electrons. The zero-order valence-corrected chi connectivity index (χ0v) is 17.5. The number of carbonyl (C=O) groups is 2. The Morgan fingerprint density at radius 3 is 2.26 bits per heavy atom. The summed E-state index contributed by atoms with van der Waals surface area (Å²) < 4.78 is 28.4. The molecule has 0 aromatic carbocycles. The smallest absolute Gasteiger partial charge is 0.350 e. The molecule has 0 aromatic rings. The van der Waals surface area contributed by atoms with Crippen LogP contribution in [-0.2, 0) is 33.3 Å². The normalized spacial score (nSPS) is 36.1. The largest absolute Gasteiger partial charge is 0.454 e. The molecule has 3 aliphatic heterocycles. The molecule has 7 nitrogen and oxygen atoms in total. The van der Waals surface area contributed by atoms with E-state index in [0.717, 1.165) is 0 Å². The summed E-state index contributed by atoms with van der Waals surface area (Å²) >= 11 is 0. The van der Waals surface area contributed by atoms with E-state index in [9.17, 15) is 9.59 Å². The number of hydrogen-bond acceptors (Lipinski definition) is 7. The lowest BCUT2D eigenvalue weighted by Gasteiger charge is -2.34. The third-order valence-corrected chi connectivity index (χ3v) is 5.20. The van der Waals surface area contributed by atoms with E-state index in [1.54, 1.807) is 13.8 Å². The molecule has 0 N–H and O–H groups in total. The first-order valence-corrected chi connectivity index (χ1v) is 9.60. The van der Waals surface area contributed by atoms with Crippen LogP contribution in [-0.4, -0.2) is 48.4 Å². The fraction of sp³-hybridized carbons (Fsp3) is 0.900. The number of esters is 2. The number of rotatable bonds is 3. The van der Waals surface area contributed by atoms with Gasteiger partial charge in [-0.25, -0.2) is 4.79 Å². The SMILES string of the molecule is CC(C)(C)CC(C(=O)OC1C(=O)OC2C3OC(C)(C)OC3OC12)C(C)(C)C. The van der Waals surface area contributed by atoms with Crippen LogP contribution >= 0.6 is 0 Å². The van der Waals surface area contributed by atoms with Crippen LogP contribution in [0.15, 0.2) is 0 Å². The van der Waals surface area contributed by atoms with Crippen LogP contribution in [0, 0.1) is 16.7 Å². The molecule has 3 heterocycles. The fourth-order valence-electron chi connectivity index (χ4n) is 3.90. The van der Waals surface area contributed by atoms with Gasteiger partial charge in [-0.15, -0.1) is 0 Å². The summed E-state index contributed by atoms with van der Waals surface area (Å²) in [5, 5.41) is 0. The number of ether oxygens (including phenoxy) is 5. The average molecular weight is 384 g/mol. The van der Waals surface area contributed by atoms with Crippen molar-refractivity contribution in [3.63, 3.8) is 0 Å². The lowest BCUT2D eigenvalue weighted by molar-refractivity contribution is -0.217. The van der Waals surface area contributed by atoms with Crippen molar-refractivity contribution in [1.82, 2.24) is 0 Å². The molecule has 0 radical (unpaired) electrons. The molecule has 0 amide bonds. The van der Waals surface area contributed by atoms with E-state index in [2.05, 4.69) is 20.8 Å². The van der Waals surface area contributed by atoms with Crippen molar-refractivity contribution in [2.75, 3.05) is 0 Å². The van der Waals surface area contributed by atoms with Crippen LogP contribution in [0.5, 0.6) is 0 Å². The van der Waals surface area contributed by atoms with Crippen LogP contribution in [0.2, 0.25) is 0 Å². The van der Waals surface area contributed by atoms with E-state index in [0.29, 0.717) is 6.42 Å². The van der Waals surface area contributed by atoms with E-state index < -0.39 is 48.4 Å². The lowest BCUT2D eigenvalue weighted by Crippen LogP contribution is -2.41. The van der Waals surface area contributed by atoms with Crippen molar-refractivity contribution in [3.05, 3.63) is 0 Å². The predicted molar refractivity (Wildman–Crippen MR) is 95.5 cm³/mol. The minimum Gasteiger partial charge on any atom is -0.454 e. The molecule has 0 aliphatic carbocycles. The van der Waals surface area contributed by atoms with Gasteiger partial charge in [0.1, 0.15) is 6.10 Å². The Morgan fingerprint density at radius 1 is 1.07 bits per heavy atom. The van der Waals surface area contributed by atoms with Gasteiger partial charge in [-0.1, -0.05) is 41.5 Å². The average Bonchev–Trinajstić information content (AvgIpc) is 3.03. The molecule has 27 heavy (non-hydrogen) atoms. The van der Waals surface area contributed by atoms with Gasteiger partial charge in [0.05, 0.1) is 5.92 Å². The van der Waals surface area contributed by atoms with Crippen molar-refractivity contribution >= 4 is 11.9 Å². The summed E-state index contributed by atoms with van der Waals surface area (Å²) in [7, 11) is 0. The standard InChI is InChI=1S/C20H32O7/c1-18(2,3)9-10(19(4,5)6)15(21)24-13-11-12(23-16(13)22)14-17(25-11)27-20(7,8)26-14/h10-14,17H,9H2,1-8H3. The van der Waals surface area contributed by atoms with E-state index in [1.165, 1.54) is 0 Å². The van der Waals surface area contributed by atoms with Crippen molar-refractivity contribution < 1.29 is 33.3 Å². The summed E-state index contributed by atoms with van der Waals surface area (Å²) in [6.07, 6.45) is -2.91. The molecule has 0 spiro atoms. The molecule has 3 aliphatic rings. The molecule has 6 unspecified atom stereocenters. The molecular weight excluding hydrogens is 352 g/mol. The van der Waals surface area contributed by atoms with Crippen molar-refractivity contribution in [2.45, 2.75) is 98.3 Å². The van der Waals surface area contributed by atoms with Crippen LogP contribution in [0.25, 0.3) is 0 Å². The topological polar surface area (TPSA) is 80.3 Å². The van der Waals surface area contributed by atoms with Gasteiger partial charge < -0.3 is 23.7 Å². The minimum absolute atomic E-state index is 0.0518. The first-order chi connectivity index (χ1) is 12.2. The third kappa shape index (κ3) is 4.15. The van der Waals surface area contributed by atoms with Gasteiger partial charge in [-0.05, 0) is 31.1 Å². The third-order valence-electron chi connectivity index (χ3n) is 5.20. The number of fused-ring (bicyclic) bond motifs is 3. The van der Waals surface area contributed by atoms with Gasteiger partial charge in [0.2, 0.25) is 6.10 Å². The lowest BCUT2D eigenvalue weighted by atomic mass is 9.72. The number of carbonyl (C=O) groups excluding carboxylic acids is 2. The summed E-state index contributed by atoms with van der Waals surface area (Å²) in [5.74, 6) is -2.14. The molecule has 3 rings (SSSR count). The Kier molecular flexibility index (Phi) is 4.89. The highest BCUT2D eigenvalue weighted by molar-refractivity contribution is 5.83. The highest BCUT2D eigenvalue weighted by Crippen LogP contribution is 2.44. The summed E-state index contributed by atoms with van der Waals surface area (Å²) in [6.45, 7) is 15.8. The highest BCUT2D eigenvalue weighted by atomic mass is 16.8. The summed E-state index contributed by atoms with van der Waals surface area (Å²) in [5.41, 5.74) is -0.348. The molecule has 0 aromatic heterocycles. The van der Waals surface area contributed by atoms with Gasteiger partial charge in [-0.3, -0.25) is 4.79 Å². The Hall–Kier alpha value is -1.18. The Balaban J connectivity index is 1.72. The van der Waals surface area contributed by atoms with Gasteiger partial charge in [0.25, 0.3) is 0 Å². The first kappa shape index (κ1) is 20.6. The summed E-state index contributed by atoms with van der Waals surface area (Å²) in [4.78, 5) is 25.3. The highest BCUT2D eigenvalue weighted by Gasteiger charge is 2.64. The first-order valence-electron chi connectivity index (χ1n) is 9.60. The van der Waals surface area contributed by atoms with Gasteiger partial charge in [0.15, 0.2) is 24.3 Å². The second-order valence-corrected chi connectivity index (χ2v) is 10.5. The monoisotopic (exact) mass is 384 g/mol. The second kappa shape index (κ2) is 6.42. The van der Waals surface area contributed by atoms with Gasteiger partial charge in [-0.2, -0.15) is 0 Å². The van der Waals surface area contributed by atoms with E-state index in [-0.39, 0.29) is 16.7 Å². The minimum atomic E-state index is -1.09. The maximum Gasteiger partial charge on any atom is 0.350 e. The van der Waals surface area contributed by atoms with E-state index in [1.807, 2.05) is 20.8 Å². The van der Waals surface area contributed by atoms with E-state index in [4.69, 9.17) is 23.7 Å². The van der Waals surface area contributed by atoms with Gasteiger partial charge >= 0.3 is 11.9 Å². The van der Waals surface area contributed by atoms with Crippen LogP contribution < -0.4 is 0 Å². The van der Waals surface area contributed by atoms with E-state index >= 15 is 0 Å². The molecule has 0 saturated carbocycles. The number of hydrogen-bond donors (Lipinski definition) is 0. The maximum atomic E-state index is 13.0. The molecule has 3 fully saturated rings. The molecule has 7 heteroatoms. The zero-order chi connectivity index (χ0) is 20.4. The quantitative estimate of drug-likeness (QED) is 0.692. The molecule has 3 saturated heterocycles. The van der Waals surface area contributed by atoms with Crippen LogP contribution in [0.3, 0.4) is 0 Å². The van der Waals surface area contributed by atoms with Crippen molar-refractivity contribution in [1.29, 1.82) is 0 Å². The zero-order valence-electron chi connectivity index (χ0n) is 17.5. The predicted octanol–water partition coefficient (Wildman–Crippen LogP) is 2.80. The Bertz CT molecular complexity index is 613. The Morgan fingerprint density at radius 2 is 1.70 bits per heavy atom. The van der Waals surface area contributed by atoms with Crippen molar-refractivity contribution in [3.8, 4) is 0 Å². The Labute approximate surface area is 161 Å². The molecule has 6 atom stereocenters. The molecular formula is C20H32O7. The van der Waals surface area contributed by atoms with Gasteiger partial charge in [0, 0.05) is 0 Å².